The zero-order valence-corrected chi connectivity index (χ0v) is 8.23. The SMILES string of the molecule is Cc1cccc([CH]S(C)(=O)=O)c1F. The van der Waals surface area contributed by atoms with Crippen molar-refractivity contribution in [1.82, 2.24) is 0 Å². The molecular formula is C9H10FO2S. The van der Waals surface area contributed by atoms with Gasteiger partial charge in [-0.3, -0.25) is 0 Å². The largest absolute Gasteiger partial charge is 0.228 e. The highest BCUT2D eigenvalue weighted by Crippen LogP contribution is 2.15. The van der Waals surface area contributed by atoms with Gasteiger partial charge in [0.2, 0.25) is 0 Å². The van der Waals surface area contributed by atoms with Crippen molar-refractivity contribution in [3.63, 3.8) is 0 Å². The molecule has 0 aliphatic rings. The lowest BCUT2D eigenvalue weighted by Gasteiger charge is -2.02. The third-order valence-corrected chi connectivity index (χ3v) is 2.24. The second kappa shape index (κ2) is 3.46. The van der Waals surface area contributed by atoms with E-state index in [2.05, 4.69) is 0 Å². The van der Waals surface area contributed by atoms with Crippen LogP contribution in [0.1, 0.15) is 11.1 Å². The molecule has 0 amide bonds. The van der Waals surface area contributed by atoms with Gasteiger partial charge >= 0.3 is 0 Å². The Morgan fingerprint density at radius 2 is 2.00 bits per heavy atom. The molecule has 2 nitrogen and oxygen atoms in total. The van der Waals surface area contributed by atoms with E-state index in [4.69, 9.17) is 0 Å². The molecule has 0 fully saturated rings. The van der Waals surface area contributed by atoms with Gasteiger partial charge in [-0.25, -0.2) is 12.8 Å². The number of halogens is 1. The minimum Gasteiger partial charge on any atom is -0.228 e. The first-order valence-electron chi connectivity index (χ1n) is 3.70. The molecule has 0 spiro atoms. The predicted molar refractivity (Wildman–Crippen MR) is 49.4 cm³/mol. The first-order valence-corrected chi connectivity index (χ1v) is 5.65. The molecule has 0 saturated carbocycles. The van der Waals surface area contributed by atoms with E-state index in [0.717, 1.165) is 12.0 Å². The second-order valence-electron chi connectivity index (χ2n) is 2.93. The molecule has 0 aromatic heterocycles. The summed E-state index contributed by atoms with van der Waals surface area (Å²) in [7, 11) is -3.28. The third kappa shape index (κ3) is 2.81. The summed E-state index contributed by atoms with van der Waals surface area (Å²) in [5, 5.41) is 0. The zero-order chi connectivity index (χ0) is 10.1. The van der Waals surface area contributed by atoms with E-state index in [-0.39, 0.29) is 5.56 Å². The van der Waals surface area contributed by atoms with Crippen LogP contribution in [0.2, 0.25) is 0 Å². The van der Waals surface area contributed by atoms with Crippen LogP contribution in [0.4, 0.5) is 4.39 Å². The van der Waals surface area contributed by atoms with Gasteiger partial charge in [0, 0.05) is 11.8 Å². The lowest BCUT2D eigenvalue weighted by molar-refractivity contribution is 0.599. The summed E-state index contributed by atoms with van der Waals surface area (Å²) in [6.45, 7) is 1.59. The highest BCUT2D eigenvalue weighted by Gasteiger charge is 2.10. The normalized spacial score (nSPS) is 11.6. The van der Waals surface area contributed by atoms with Crippen LogP contribution in [0.3, 0.4) is 0 Å². The van der Waals surface area contributed by atoms with E-state index in [0.29, 0.717) is 5.56 Å². The Kier molecular flexibility index (Phi) is 2.71. The zero-order valence-electron chi connectivity index (χ0n) is 7.41. The molecule has 1 radical (unpaired) electrons. The summed E-state index contributed by atoms with van der Waals surface area (Å²) in [6.07, 6.45) is 1.04. The van der Waals surface area contributed by atoms with E-state index in [1.165, 1.54) is 6.07 Å². The smallest absolute Gasteiger partial charge is 0.156 e. The Hall–Kier alpha value is -0.900. The Labute approximate surface area is 77.3 Å². The number of sulfone groups is 1. The van der Waals surface area contributed by atoms with Crippen molar-refractivity contribution in [3.05, 3.63) is 40.9 Å². The van der Waals surface area contributed by atoms with Gasteiger partial charge < -0.3 is 0 Å². The van der Waals surface area contributed by atoms with E-state index in [1.54, 1.807) is 19.1 Å². The summed E-state index contributed by atoms with van der Waals surface area (Å²) in [5.41, 5.74) is 0.555. The van der Waals surface area contributed by atoms with Crippen LogP contribution < -0.4 is 0 Å². The number of aryl methyl sites for hydroxylation is 1. The summed E-state index contributed by atoms with van der Waals surface area (Å²) in [4.78, 5) is 0. The quantitative estimate of drug-likeness (QED) is 0.729. The van der Waals surface area contributed by atoms with Crippen LogP contribution in [-0.4, -0.2) is 14.7 Å². The number of hydrogen-bond acceptors (Lipinski definition) is 2. The Morgan fingerprint density at radius 1 is 1.38 bits per heavy atom. The van der Waals surface area contributed by atoms with Gasteiger partial charge in [-0.15, -0.1) is 0 Å². The van der Waals surface area contributed by atoms with Gasteiger partial charge in [-0.2, -0.15) is 0 Å². The fourth-order valence-corrected chi connectivity index (χ4v) is 1.64. The predicted octanol–water partition coefficient (Wildman–Crippen LogP) is 1.69. The molecule has 0 atom stereocenters. The molecule has 0 unspecified atom stereocenters. The van der Waals surface area contributed by atoms with Crippen LogP contribution in [0, 0.1) is 18.5 Å². The summed E-state index contributed by atoms with van der Waals surface area (Å²) < 4.78 is 34.9. The van der Waals surface area contributed by atoms with Gasteiger partial charge in [0.25, 0.3) is 0 Å². The highest BCUT2D eigenvalue weighted by atomic mass is 32.2. The van der Waals surface area contributed by atoms with Crippen LogP contribution in [-0.2, 0) is 9.84 Å². The molecule has 1 aromatic rings. The molecule has 0 bridgehead atoms. The fourth-order valence-electron chi connectivity index (χ4n) is 0.992. The molecular weight excluding hydrogens is 191 g/mol. The van der Waals surface area contributed by atoms with Crippen molar-refractivity contribution in [2.24, 2.45) is 0 Å². The Bertz CT molecular complexity index is 410. The van der Waals surface area contributed by atoms with Crippen molar-refractivity contribution in [2.45, 2.75) is 6.92 Å². The van der Waals surface area contributed by atoms with Crippen LogP contribution in [0.25, 0.3) is 0 Å². The molecule has 1 aromatic carbocycles. The van der Waals surface area contributed by atoms with Crippen molar-refractivity contribution in [1.29, 1.82) is 0 Å². The number of hydrogen-bond donors (Lipinski definition) is 0. The Morgan fingerprint density at radius 3 is 2.54 bits per heavy atom. The molecule has 0 aliphatic heterocycles. The van der Waals surface area contributed by atoms with Crippen molar-refractivity contribution in [2.75, 3.05) is 6.26 Å². The standard InChI is InChI=1S/C9H10FO2S/c1-7-4-3-5-8(9(7)10)6-13(2,11)12/h3-6H,1-2H3. The lowest BCUT2D eigenvalue weighted by Crippen LogP contribution is -2.01. The molecule has 0 saturated heterocycles. The minimum atomic E-state index is -3.28. The van der Waals surface area contributed by atoms with Crippen LogP contribution >= 0.6 is 0 Å². The van der Waals surface area contributed by atoms with Gasteiger partial charge in [0.05, 0.1) is 0 Å². The lowest BCUT2D eigenvalue weighted by atomic mass is 10.1. The minimum absolute atomic E-state index is 0.113. The maximum Gasteiger partial charge on any atom is 0.156 e. The maximum absolute atomic E-state index is 13.2. The molecule has 0 heterocycles. The first kappa shape index (κ1) is 10.2. The third-order valence-electron chi connectivity index (χ3n) is 1.56. The topological polar surface area (TPSA) is 34.1 Å². The number of benzene rings is 1. The van der Waals surface area contributed by atoms with Crippen LogP contribution in [0.15, 0.2) is 18.2 Å². The van der Waals surface area contributed by atoms with Crippen molar-refractivity contribution < 1.29 is 12.8 Å². The number of rotatable bonds is 2. The van der Waals surface area contributed by atoms with Gasteiger partial charge in [-0.05, 0) is 12.5 Å². The van der Waals surface area contributed by atoms with Crippen molar-refractivity contribution >= 4 is 9.84 Å². The molecule has 0 N–H and O–H groups in total. The maximum atomic E-state index is 13.2. The van der Waals surface area contributed by atoms with E-state index in [9.17, 15) is 12.8 Å². The van der Waals surface area contributed by atoms with Gasteiger partial charge in [-0.1, -0.05) is 18.2 Å². The molecule has 1 rings (SSSR count). The molecule has 4 heteroatoms. The monoisotopic (exact) mass is 201 g/mol. The average molecular weight is 201 g/mol. The molecule has 71 valence electrons. The fraction of sp³-hybridized carbons (Fsp3) is 0.222. The van der Waals surface area contributed by atoms with Gasteiger partial charge in [0.1, 0.15) is 11.6 Å². The van der Waals surface area contributed by atoms with E-state index in [1.807, 2.05) is 0 Å². The average Bonchev–Trinajstić information content (AvgIpc) is 1.96. The van der Waals surface area contributed by atoms with Crippen molar-refractivity contribution in [3.8, 4) is 0 Å². The van der Waals surface area contributed by atoms with Gasteiger partial charge in [0.15, 0.2) is 9.84 Å². The van der Waals surface area contributed by atoms with E-state index < -0.39 is 15.7 Å². The van der Waals surface area contributed by atoms with E-state index >= 15 is 0 Å². The first-order chi connectivity index (χ1) is 5.90. The molecule has 0 aliphatic carbocycles. The summed E-state index contributed by atoms with van der Waals surface area (Å²) in [6, 6.07) is 4.65. The highest BCUT2D eigenvalue weighted by molar-refractivity contribution is 7.92. The second-order valence-corrected chi connectivity index (χ2v) is 4.82. The summed E-state index contributed by atoms with van der Waals surface area (Å²) >= 11 is 0. The van der Waals surface area contributed by atoms with Crippen LogP contribution in [0.5, 0.6) is 0 Å². The molecule has 13 heavy (non-hydrogen) atoms. The Balaban J connectivity index is 3.10. The summed E-state index contributed by atoms with van der Waals surface area (Å²) in [5.74, 6) is 0.447.